The van der Waals surface area contributed by atoms with Gasteiger partial charge in [0.1, 0.15) is 0 Å². The first-order chi connectivity index (χ1) is 8.27. The van der Waals surface area contributed by atoms with E-state index in [2.05, 4.69) is 15.3 Å². The lowest BCUT2D eigenvalue weighted by molar-refractivity contribution is 0.0982. The van der Waals surface area contributed by atoms with Gasteiger partial charge in [0.2, 0.25) is 0 Å². The topological polar surface area (TPSA) is 60.7 Å². The number of rotatable bonds is 4. The number of aromatic nitrogens is 4. The molecule has 0 bridgehead atoms. The van der Waals surface area contributed by atoms with Gasteiger partial charge in [0.05, 0.1) is 17.6 Å². The highest BCUT2D eigenvalue weighted by molar-refractivity contribution is 5.95. The van der Waals surface area contributed by atoms with Gasteiger partial charge in [0, 0.05) is 12.6 Å². The summed E-state index contributed by atoms with van der Waals surface area (Å²) in [6.07, 6.45) is 4.56. The Morgan fingerprint density at radius 3 is 2.82 bits per heavy atom. The second-order valence-electron chi connectivity index (χ2n) is 3.64. The first kappa shape index (κ1) is 11.4. The Bertz CT molecular complexity index is 519. The minimum atomic E-state index is 0.0250. The number of hydrogen-bond acceptors (Lipinski definition) is 4. The zero-order valence-corrected chi connectivity index (χ0v) is 9.92. The Morgan fingerprint density at radius 2 is 2.24 bits per heavy atom. The van der Waals surface area contributed by atoms with E-state index >= 15 is 0 Å². The first-order valence-electron chi connectivity index (χ1n) is 5.66. The van der Waals surface area contributed by atoms with Crippen LogP contribution in [0.4, 0.5) is 0 Å². The van der Waals surface area contributed by atoms with Gasteiger partial charge in [-0.05, 0) is 18.6 Å². The van der Waals surface area contributed by atoms with E-state index in [4.69, 9.17) is 0 Å². The Morgan fingerprint density at radius 1 is 1.41 bits per heavy atom. The number of Topliss-reactive ketones (excluding diaryl/α,β-unsaturated/α-hetero) is 1. The van der Waals surface area contributed by atoms with Crippen molar-refractivity contribution < 1.29 is 4.79 Å². The second-order valence-corrected chi connectivity index (χ2v) is 3.64. The van der Waals surface area contributed by atoms with Gasteiger partial charge in [0.25, 0.3) is 0 Å². The van der Waals surface area contributed by atoms with Gasteiger partial charge in [-0.1, -0.05) is 19.1 Å². The van der Waals surface area contributed by atoms with E-state index in [0.29, 0.717) is 18.5 Å². The van der Waals surface area contributed by atoms with E-state index in [1.165, 1.54) is 0 Å². The zero-order valence-electron chi connectivity index (χ0n) is 9.92. The number of carbonyl (C=O) groups excluding carboxylic acids is 1. The molecule has 2 aromatic heterocycles. The summed E-state index contributed by atoms with van der Waals surface area (Å²) in [5, 5.41) is 8.00. The fourth-order valence-corrected chi connectivity index (χ4v) is 1.69. The van der Waals surface area contributed by atoms with Crippen molar-refractivity contribution in [3.05, 3.63) is 35.9 Å². The molecule has 88 valence electrons. The summed E-state index contributed by atoms with van der Waals surface area (Å²) in [6.45, 7) is 3.81. The van der Waals surface area contributed by atoms with Gasteiger partial charge in [-0.25, -0.2) is 4.68 Å². The first-order valence-corrected chi connectivity index (χ1v) is 5.66. The fourth-order valence-electron chi connectivity index (χ4n) is 1.69. The normalized spacial score (nSPS) is 10.5. The molecule has 0 saturated heterocycles. The third kappa shape index (κ3) is 2.08. The van der Waals surface area contributed by atoms with Crippen molar-refractivity contribution >= 4 is 5.78 Å². The number of hydrogen-bond donors (Lipinski definition) is 0. The van der Waals surface area contributed by atoms with Crippen molar-refractivity contribution in [3.63, 3.8) is 0 Å². The van der Waals surface area contributed by atoms with Crippen LogP contribution in [0.15, 0.2) is 24.5 Å². The van der Waals surface area contributed by atoms with Gasteiger partial charge in [-0.2, -0.15) is 0 Å². The van der Waals surface area contributed by atoms with Crippen LogP contribution in [-0.2, 0) is 6.42 Å². The molecule has 0 aromatic carbocycles. The molecule has 0 radical (unpaired) electrons. The third-order valence-electron chi connectivity index (χ3n) is 2.57. The Hall–Kier alpha value is -2.04. The summed E-state index contributed by atoms with van der Waals surface area (Å²) in [6, 6.07) is 3.72. The van der Waals surface area contributed by atoms with Crippen LogP contribution in [0.25, 0.3) is 5.69 Å². The van der Waals surface area contributed by atoms with Crippen LogP contribution in [0, 0.1) is 0 Å². The minimum absolute atomic E-state index is 0.0250. The lowest BCUT2D eigenvalue weighted by Crippen LogP contribution is -2.06. The van der Waals surface area contributed by atoms with Crippen molar-refractivity contribution in [3.8, 4) is 5.69 Å². The van der Waals surface area contributed by atoms with E-state index in [0.717, 1.165) is 11.4 Å². The van der Waals surface area contributed by atoms with E-state index < -0.39 is 0 Å². The van der Waals surface area contributed by atoms with E-state index in [1.807, 2.05) is 26.0 Å². The summed E-state index contributed by atoms with van der Waals surface area (Å²) in [4.78, 5) is 15.7. The molecular weight excluding hydrogens is 216 g/mol. The maximum absolute atomic E-state index is 11.7. The van der Waals surface area contributed by atoms with Crippen LogP contribution in [0.2, 0.25) is 0 Å². The summed E-state index contributed by atoms with van der Waals surface area (Å²) in [5.74, 6) is 0.0250. The Balaban J connectivity index is 2.50. The van der Waals surface area contributed by atoms with Crippen LogP contribution < -0.4 is 0 Å². The maximum atomic E-state index is 11.7. The van der Waals surface area contributed by atoms with Crippen molar-refractivity contribution in [2.45, 2.75) is 26.7 Å². The van der Waals surface area contributed by atoms with Crippen LogP contribution in [0.3, 0.4) is 0 Å². The number of ketones is 1. The van der Waals surface area contributed by atoms with Crippen LogP contribution in [0.1, 0.15) is 36.5 Å². The highest BCUT2D eigenvalue weighted by atomic mass is 16.1. The molecule has 0 saturated carbocycles. The maximum Gasteiger partial charge on any atom is 0.184 e. The third-order valence-corrected chi connectivity index (χ3v) is 2.57. The van der Waals surface area contributed by atoms with Gasteiger partial charge in [-0.3, -0.25) is 9.78 Å². The zero-order chi connectivity index (χ0) is 12.3. The molecule has 5 nitrogen and oxygen atoms in total. The van der Waals surface area contributed by atoms with Crippen molar-refractivity contribution in [2.75, 3.05) is 0 Å². The predicted molar refractivity (Wildman–Crippen MR) is 63.2 cm³/mol. The number of pyridine rings is 1. The molecule has 0 N–H and O–H groups in total. The fraction of sp³-hybridized carbons (Fsp3) is 0.333. The lowest BCUT2D eigenvalue weighted by atomic mass is 10.1. The molecule has 0 unspecified atom stereocenters. The summed E-state index contributed by atoms with van der Waals surface area (Å²) in [5.41, 5.74) is 2.13. The molecular formula is C12H14N4O. The molecule has 2 heterocycles. The average molecular weight is 230 g/mol. The van der Waals surface area contributed by atoms with E-state index in [9.17, 15) is 4.79 Å². The van der Waals surface area contributed by atoms with Gasteiger partial charge < -0.3 is 0 Å². The van der Waals surface area contributed by atoms with E-state index in [-0.39, 0.29) is 5.78 Å². The molecule has 0 spiro atoms. The number of nitrogens with zero attached hydrogens (tertiary/aromatic N) is 4. The molecule has 0 aliphatic carbocycles. The molecule has 2 aromatic rings. The molecule has 5 heteroatoms. The highest BCUT2D eigenvalue weighted by Gasteiger charge is 2.17. The molecule has 0 aliphatic heterocycles. The molecule has 17 heavy (non-hydrogen) atoms. The second kappa shape index (κ2) is 4.86. The molecule has 0 fully saturated rings. The SMILES string of the molecule is CCC(=O)c1nnn(-c2cccnc2)c1CC. The van der Waals surface area contributed by atoms with Crippen LogP contribution >= 0.6 is 0 Å². The molecule has 2 rings (SSSR count). The van der Waals surface area contributed by atoms with E-state index in [1.54, 1.807) is 17.1 Å². The average Bonchev–Trinajstić information content (AvgIpc) is 2.82. The Kier molecular flexibility index (Phi) is 3.27. The largest absolute Gasteiger partial charge is 0.292 e. The van der Waals surface area contributed by atoms with Crippen LogP contribution in [-0.4, -0.2) is 25.8 Å². The summed E-state index contributed by atoms with van der Waals surface area (Å²) in [7, 11) is 0. The van der Waals surface area contributed by atoms with Crippen LogP contribution in [0.5, 0.6) is 0 Å². The van der Waals surface area contributed by atoms with Crippen molar-refractivity contribution in [1.29, 1.82) is 0 Å². The highest BCUT2D eigenvalue weighted by Crippen LogP contribution is 2.14. The quantitative estimate of drug-likeness (QED) is 0.752. The van der Waals surface area contributed by atoms with Gasteiger partial charge in [-0.15, -0.1) is 5.10 Å². The predicted octanol–water partition coefficient (Wildman–Crippen LogP) is 1.82. The van der Waals surface area contributed by atoms with Crippen molar-refractivity contribution in [1.82, 2.24) is 20.0 Å². The molecule has 0 amide bonds. The van der Waals surface area contributed by atoms with Crippen molar-refractivity contribution in [2.24, 2.45) is 0 Å². The minimum Gasteiger partial charge on any atom is -0.292 e. The number of carbonyl (C=O) groups is 1. The van der Waals surface area contributed by atoms with Gasteiger partial charge >= 0.3 is 0 Å². The smallest absolute Gasteiger partial charge is 0.184 e. The molecule has 0 aliphatic rings. The molecule has 0 atom stereocenters. The van der Waals surface area contributed by atoms with Gasteiger partial charge in [0.15, 0.2) is 11.5 Å². The standard InChI is InChI=1S/C12H14N4O/c1-3-10-12(11(17)4-2)14-15-16(10)9-6-5-7-13-8-9/h5-8H,3-4H2,1-2H3. The lowest BCUT2D eigenvalue weighted by Gasteiger charge is -2.04. The Labute approximate surface area is 99.5 Å². The summed E-state index contributed by atoms with van der Waals surface area (Å²) >= 11 is 0. The monoisotopic (exact) mass is 230 g/mol. The summed E-state index contributed by atoms with van der Waals surface area (Å²) < 4.78 is 1.68.